The van der Waals surface area contributed by atoms with Gasteiger partial charge in [-0.3, -0.25) is 28.9 Å². The lowest BCUT2D eigenvalue weighted by Crippen LogP contribution is -2.51. The largest absolute Gasteiger partial charge is 0.444 e. The number of imide groups is 1. The molecular formula is C31H43N5O5. The molecule has 2 aromatic rings. The molecule has 10 heteroatoms. The zero-order valence-corrected chi connectivity index (χ0v) is 24.8. The summed E-state index contributed by atoms with van der Waals surface area (Å²) in [4.78, 5) is 54.4. The maximum Gasteiger partial charge on any atom is 0.410 e. The second-order valence-electron chi connectivity index (χ2n) is 13.5. The number of carbonyl (C=O) groups is 3. The van der Waals surface area contributed by atoms with Gasteiger partial charge in [-0.05, 0) is 108 Å². The number of nitrogens with one attached hydrogen (secondary N) is 1. The Balaban J connectivity index is 1.10. The van der Waals surface area contributed by atoms with Crippen molar-refractivity contribution in [3.8, 4) is 0 Å². The zero-order valence-electron chi connectivity index (χ0n) is 24.8. The first kappa shape index (κ1) is 28.0. The first-order valence-electron chi connectivity index (χ1n) is 15.2. The van der Waals surface area contributed by atoms with Gasteiger partial charge in [0.2, 0.25) is 11.8 Å². The van der Waals surface area contributed by atoms with E-state index in [2.05, 4.69) is 22.3 Å². The van der Waals surface area contributed by atoms with E-state index in [4.69, 9.17) is 4.74 Å². The normalized spacial score (nSPS) is 24.5. The van der Waals surface area contributed by atoms with Crippen molar-refractivity contribution in [2.45, 2.75) is 95.2 Å². The minimum atomic E-state index is -0.663. The van der Waals surface area contributed by atoms with Crippen LogP contribution in [-0.2, 0) is 21.4 Å². The fraction of sp³-hybridized carbons (Fsp3) is 0.677. The van der Waals surface area contributed by atoms with Crippen LogP contribution in [0.15, 0.2) is 23.0 Å². The van der Waals surface area contributed by atoms with Crippen LogP contribution < -0.4 is 11.0 Å². The number of aryl methyl sites for hydroxylation is 1. The van der Waals surface area contributed by atoms with Crippen molar-refractivity contribution in [3.63, 3.8) is 0 Å². The highest BCUT2D eigenvalue weighted by Gasteiger charge is 2.54. The monoisotopic (exact) mass is 565 g/mol. The number of piperidine rings is 3. The summed E-state index contributed by atoms with van der Waals surface area (Å²) in [6.45, 7) is 9.41. The van der Waals surface area contributed by atoms with Gasteiger partial charge in [-0.15, -0.1) is 0 Å². The van der Waals surface area contributed by atoms with Gasteiger partial charge in [-0.25, -0.2) is 9.59 Å². The van der Waals surface area contributed by atoms with Crippen LogP contribution in [0.2, 0.25) is 0 Å². The molecule has 0 bridgehead atoms. The van der Waals surface area contributed by atoms with Crippen molar-refractivity contribution >= 4 is 28.9 Å². The van der Waals surface area contributed by atoms with E-state index in [0.717, 1.165) is 62.9 Å². The van der Waals surface area contributed by atoms with Crippen molar-refractivity contribution < 1.29 is 19.1 Å². The van der Waals surface area contributed by atoms with Crippen LogP contribution in [-0.4, -0.2) is 74.2 Å². The number of ether oxygens (including phenoxy) is 1. The number of fused-ring (bicyclic) bond motifs is 1. The number of rotatable bonds is 4. The van der Waals surface area contributed by atoms with Gasteiger partial charge >= 0.3 is 11.8 Å². The standard InChI is InChI=1S/C31H43N5O5/c1-30(2,3)41-29(40)34-15-11-22(12-16-34)31(13-14-31)35-17-9-20(10-18-35)21-5-6-23-25(19-21)33(4)28(39)36(23)24-7-8-26(37)32-27(24)38/h5-6,19-20,22,24H,7-18H2,1-4H3,(H,32,37,38). The van der Waals surface area contributed by atoms with Crippen molar-refractivity contribution in [3.05, 3.63) is 34.2 Å². The molecule has 1 unspecified atom stereocenters. The molecule has 4 fully saturated rings. The number of nitrogens with zero attached hydrogens (tertiary/aromatic N) is 4. The predicted molar refractivity (Wildman–Crippen MR) is 155 cm³/mol. The Labute approximate surface area is 241 Å². The van der Waals surface area contributed by atoms with Crippen LogP contribution in [0.4, 0.5) is 4.79 Å². The van der Waals surface area contributed by atoms with E-state index in [0.29, 0.717) is 18.3 Å². The molecule has 0 radical (unpaired) electrons. The van der Waals surface area contributed by atoms with Crippen molar-refractivity contribution in [1.82, 2.24) is 24.3 Å². The number of imidazole rings is 1. The summed E-state index contributed by atoms with van der Waals surface area (Å²) in [5.41, 5.74) is 2.40. The Bertz CT molecular complexity index is 1410. The van der Waals surface area contributed by atoms with E-state index >= 15 is 0 Å². The molecule has 1 aromatic heterocycles. The van der Waals surface area contributed by atoms with Crippen LogP contribution in [0.5, 0.6) is 0 Å². The van der Waals surface area contributed by atoms with Gasteiger partial charge in [0, 0.05) is 32.1 Å². The third kappa shape index (κ3) is 5.19. The van der Waals surface area contributed by atoms with E-state index < -0.39 is 17.6 Å². The lowest BCUT2D eigenvalue weighted by atomic mass is 9.83. The van der Waals surface area contributed by atoms with Gasteiger partial charge < -0.3 is 9.64 Å². The summed E-state index contributed by atoms with van der Waals surface area (Å²) in [6, 6.07) is 5.55. The number of amides is 3. The van der Waals surface area contributed by atoms with Gasteiger partial charge in [0.05, 0.1) is 11.0 Å². The molecule has 4 aliphatic rings. The van der Waals surface area contributed by atoms with Gasteiger partial charge in [0.1, 0.15) is 11.6 Å². The number of benzene rings is 1. The maximum atomic E-state index is 13.2. The average Bonchev–Trinajstić information content (AvgIpc) is 3.71. The molecule has 3 saturated heterocycles. The number of hydrogen-bond donors (Lipinski definition) is 1. The summed E-state index contributed by atoms with van der Waals surface area (Å²) >= 11 is 0. The quantitative estimate of drug-likeness (QED) is 0.567. The first-order valence-corrected chi connectivity index (χ1v) is 15.2. The molecule has 41 heavy (non-hydrogen) atoms. The van der Waals surface area contributed by atoms with E-state index in [1.165, 1.54) is 18.4 Å². The zero-order chi connectivity index (χ0) is 29.1. The van der Waals surface area contributed by atoms with Crippen molar-refractivity contribution in [2.75, 3.05) is 26.2 Å². The number of aromatic nitrogens is 2. The molecule has 222 valence electrons. The molecule has 10 nitrogen and oxygen atoms in total. The Morgan fingerprint density at radius 2 is 1.63 bits per heavy atom. The van der Waals surface area contributed by atoms with Crippen LogP contribution in [0.1, 0.15) is 89.7 Å². The number of likely N-dealkylation sites (tertiary alicyclic amines) is 2. The lowest BCUT2D eigenvalue weighted by molar-refractivity contribution is -0.135. The highest BCUT2D eigenvalue weighted by molar-refractivity contribution is 6.00. The van der Waals surface area contributed by atoms with E-state index in [9.17, 15) is 19.2 Å². The fourth-order valence-corrected chi connectivity index (χ4v) is 7.56. The van der Waals surface area contributed by atoms with E-state index in [1.54, 1.807) is 16.2 Å². The Morgan fingerprint density at radius 3 is 2.24 bits per heavy atom. The highest BCUT2D eigenvalue weighted by atomic mass is 16.6. The smallest absolute Gasteiger partial charge is 0.410 e. The van der Waals surface area contributed by atoms with E-state index in [1.807, 2.05) is 31.7 Å². The number of carbonyl (C=O) groups excluding carboxylic acids is 3. The summed E-state index contributed by atoms with van der Waals surface area (Å²) in [5, 5.41) is 2.38. The van der Waals surface area contributed by atoms with Gasteiger partial charge in [0.25, 0.3) is 0 Å². The summed E-state index contributed by atoms with van der Waals surface area (Å²) < 4.78 is 8.77. The van der Waals surface area contributed by atoms with Gasteiger partial charge in [0.15, 0.2) is 0 Å². The molecule has 4 heterocycles. The van der Waals surface area contributed by atoms with Crippen LogP contribution in [0.3, 0.4) is 0 Å². The Kier molecular flexibility index (Phi) is 7.03. The molecule has 1 N–H and O–H groups in total. The van der Waals surface area contributed by atoms with Crippen LogP contribution >= 0.6 is 0 Å². The third-order valence-electron chi connectivity index (χ3n) is 9.90. The Hall–Kier alpha value is -3.14. The second kappa shape index (κ2) is 10.3. The molecular weight excluding hydrogens is 522 g/mol. The van der Waals surface area contributed by atoms with Gasteiger partial charge in [-0.2, -0.15) is 0 Å². The van der Waals surface area contributed by atoms with Crippen LogP contribution in [0, 0.1) is 5.92 Å². The first-order chi connectivity index (χ1) is 19.5. The molecule has 1 saturated carbocycles. The summed E-state index contributed by atoms with van der Waals surface area (Å²) in [7, 11) is 1.75. The van der Waals surface area contributed by atoms with Gasteiger partial charge in [-0.1, -0.05) is 6.07 Å². The summed E-state index contributed by atoms with van der Waals surface area (Å²) in [6.07, 6.45) is 7.10. The number of hydrogen-bond acceptors (Lipinski definition) is 6. The topological polar surface area (TPSA) is 106 Å². The molecule has 1 aromatic carbocycles. The molecule has 3 amide bonds. The molecule has 6 rings (SSSR count). The minimum Gasteiger partial charge on any atom is -0.444 e. The SMILES string of the molecule is Cn1c(=O)n(C2CCC(=O)NC2=O)c2ccc(C3CCN(C4(C5CCN(C(=O)OC(C)(C)C)CC5)CC4)CC3)cc21. The molecule has 0 spiro atoms. The lowest BCUT2D eigenvalue weighted by Gasteiger charge is -2.45. The minimum absolute atomic E-state index is 0.191. The fourth-order valence-electron chi connectivity index (χ4n) is 7.56. The molecule has 1 aliphatic carbocycles. The predicted octanol–water partition coefficient (Wildman–Crippen LogP) is 3.68. The maximum absolute atomic E-state index is 13.2. The van der Waals surface area contributed by atoms with Crippen molar-refractivity contribution in [2.24, 2.45) is 13.0 Å². The highest BCUT2D eigenvalue weighted by Crippen LogP contribution is 2.53. The Morgan fingerprint density at radius 1 is 0.951 bits per heavy atom. The van der Waals surface area contributed by atoms with E-state index in [-0.39, 0.29) is 29.6 Å². The van der Waals surface area contributed by atoms with Crippen LogP contribution in [0.25, 0.3) is 11.0 Å². The van der Waals surface area contributed by atoms with Crippen molar-refractivity contribution in [1.29, 1.82) is 0 Å². The summed E-state index contributed by atoms with van der Waals surface area (Å²) in [5.74, 6) is 0.356. The average molecular weight is 566 g/mol. The molecule has 1 atom stereocenters. The third-order valence-corrected chi connectivity index (χ3v) is 9.90. The molecule has 3 aliphatic heterocycles. The second-order valence-corrected chi connectivity index (χ2v) is 13.5.